The van der Waals surface area contributed by atoms with Crippen LogP contribution in [0.15, 0.2) is 88.7 Å². The van der Waals surface area contributed by atoms with Gasteiger partial charge in [0.15, 0.2) is 0 Å². The first kappa shape index (κ1) is 22.7. The molecule has 0 bridgehead atoms. The number of para-hydroxylation sites is 1. The first-order valence-electron chi connectivity index (χ1n) is 10.0. The third-order valence-electron chi connectivity index (χ3n) is 4.66. The van der Waals surface area contributed by atoms with Gasteiger partial charge in [0.05, 0.1) is 4.91 Å². The van der Waals surface area contributed by atoms with E-state index in [0.29, 0.717) is 22.7 Å². The van der Waals surface area contributed by atoms with Crippen molar-refractivity contribution >= 4 is 52.3 Å². The van der Waals surface area contributed by atoms with Crippen molar-refractivity contribution in [1.82, 2.24) is 4.90 Å². The smallest absolute Gasteiger partial charge is 0.294 e. The minimum Gasteiger partial charge on any atom is -0.457 e. The van der Waals surface area contributed by atoms with Crippen LogP contribution in [0.25, 0.3) is 6.08 Å². The maximum atomic E-state index is 12.8. The molecule has 0 aliphatic carbocycles. The van der Waals surface area contributed by atoms with Gasteiger partial charge in [-0.2, -0.15) is 0 Å². The summed E-state index contributed by atoms with van der Waals surface area (Å²) < 4.78 is 5.83. The van der Waals surface area contributed by atoms with Crippen LogP contribution in [0.4, 0.5) is 10.5 Å². The summed E-state index contributed by atoms with van der Waals surface area (Å²) in [6.45, 7) is -0.345. The van der Waals surface area contributed by atoms with E-state index in [9.17, 15) is 14.4 Å². The molecule has 1 saturated heterocycles. The second-order valence-electron chi connectivity index (χ2n) is 7.04. The van der Waals surface area contributed by atoms with Crippen LogP contribution in [-0.4, -0.2) is 34.8 Å². The molecule has 33 heavy (non-hydrogen) atoms. The normalized spacial score (nSPS) is 14.6. The Morgan fingerprint density at radius 2 is 1.76 bits per heavy atom. The van der Waals surface area contributed by atoms with Crippen molar-refractivity contribution in [3.8, 4) is 11.5 Å². The first-order chi connectivity index (χ1) is 16.0. The molecule has 0 spiro atoms. The predicted octanol–water partition coefficient (Wildman–Crippen LogP) is 5.88. The van der Waals surface area contributed by atoms with Gasteiger partial charge in [0.1, 0.15) is 18.0 Å². The molecule has 1 aliphatic heterocycles. The predicted molar refractivity (Wildman–Crippen MR) is 132 cm³/mol. The fourth-order valence-corrected chi connectivity index (χ4v) is 4.42. The van der Waals surface area contributed by atoms with Gasteiger partial charge in [0.25, 0.3) is 11.1 Å². The summed E-state index contributed by atoms with van der Waals surface area (Å²) in [4.78, 5) is 39.8. The molecule has 1 aliphatic rings. The van der Waals surface area contributed by atoms with E-state index in [1.165, 1.54) is 0 Å². The molecule has 0 radical (unpaired) electrons. The van der Waals surface area contributed by atoms with Crippen molar-refractivity contribution in [2.24, 2.45) is 0 Å². The number of rotatable bonds is 7. The Kier molecular flexibility index (Phi) is 7.16. The molecule has 4 rings (SSSR count). The number of amides is 3. The standard InChI is InChI=1S/C25H20N2O4S2/c1-32-21-12-6-8-18(15-21)26-23(28)16-27-24(29)22(33-25(27)30)14-17-7-5-11-20(13-17)31-19-9-3-2-4-10-19/h2-15H,16H2,1H3,(H,26,28)/b22-14+. The van der Waals surface area contributed by atoms with Crippen LogP contribution in [0.1, 0.15) is 5.56 Å². The average molecular weight is 477 g/mol. The Morgan fingerprint density at radius 3 is 2.55 bits per heavy atom. The fourth-order valence-electron chi connectivity index (χ4n) is 3.13. The van der Waals surface area contributed by atoms with Gasteiger partial charge in [-0.25, -0.2) is 0 Å². The highest BCUT2D eigenvalue weighted by molar-refractivity contribution is 8.18. The van der Waals surface area contributed by atoms with Crippen molar-refractivity contribution in [2.45, 2.75) is 4.90 Å². The average Bonchev–Trinajstić information content (AvgIpc) is 3.07. The van der Waals surface area contributed by atoms with E-state index < -0.39 is 17.1 Å². The topological polar surface area (TPSA) is 75.7 Å². The van der Waals surface area contributed by atoms with Gasteiger partial charge < -0.3 is 10.1 Å². The van der Waals surface area contributed by atoms with Crippen LogP contribution in [0, 0.1) is 0 Å². The maximum absolute atomic E-state index is 12.8. The van der Waals surface area contributed by atoms with Crippen LogP contribution in [0.5, 0.6) is 11.5 Å². The summed E-state index contributed by atoms with van der Waals surface area (Å²) >= 11 is 2.37. The van der Waals surface area contributed by atoms with Gasteiger partial charge >= 0.3 is 0 Å². The lowest BCUT2D eigenvalue weighted by atomic mass is 10.2. The molecule has 6 nitrogen and oxygen atoms in total. The number of hydrogen-bond donors (Lipinski definition) is 1. The van der Waals surface area contributed by atoms with Crippen molar-refractivity contribution < 1.29 is 19.1 Å². The highest BCUT2D eigenvalue weighted by Gasteiger charge is 2.36. The molecule has 3 aromatic rings. The summed E-state index contributed by atoms with van der Waals surface area (Å²) in [5.74, 6) is 0.382. The number of thioether (sulfide) groups is 2. The van der Waals surface area contributed by atoms with E-state index in [0.717, 1.165) is 21.6 Å². The molecule has 1 heterocycles. The molecule has 0 unspecified atom stereocenters. The summed E-state index contributed by atoms with van der Waals surface area (Å²) in [5.41, 5.74) is 1.33. The number of hydrogen-bond acceptors (Lipinski definition) is 6. The molecule has 3 amide bonds. The summed E-state index contributed by atoms with van der Waals surface area (Å²) in [5, 5.41) is 2.26. The summed E-state index contributed by atoms with van der Waals surface area (Å²) in [6, 6.07) is 23.9. The Hall–Kier alpha value is -3.49. The number of imide groups is 1. The van der Waals surface area contributed by atoms with E-state index in [1.807, 2.05) is 73.0 Å². The van der Waals surface area contributed by atoms with Gasteiger partial charge in [-0.1, -0.05) is 36.4 Å². The Morgan fingerprint density at radius 1 is 1.00 bits per heavy atom. The third kappa shape index (κ3) is 5.85. The highest BCUT2D eigenvalue weighted by Crippen LogP contribution is 2.33. The van der Waals surface area contributed by atoms with E-state index >= 15 is 0 Å². The second kappa shape index (κ2) is 10.4. The van der Waals surface area contributed by atoms with Crippen LogP contribution < -0.4 is 10.1 Å². The number of nitrogens with one attached hydrogen (secondary N) is 1. The lowest BCUT2D eigenvalue weighted by Crippen LogP contribution is -2.36. The number of ether oxygens (including phenoxy) is 1. The number of carbonyl (C=O) groups is 3. The highest BCUT2D eigenvalue weighted by atomic mass is 32.2. The minimum atomic E-state index is -0.493. The van der Waals surface area contributed by atoms with Gasteiger partial charge in [-0.3, -0.25) is 19.3 Å². The molecule has 166 valence electrons. The zero-order valence-electron chi connectivity index (χ0n) is 17.7. The van der Waals surface area contributed by atoms with E-state index in [1.54, 1.807) is 30.0 Å². The molecular formula is C25H20N2O4S2. The molecule has 8 heteroatoms. The van der Waals surface area contributed by atoms with E-state index in [4.69, 9.17) is 4.74 Å². The van der Waals surface area contributed by atoms with Gasteiger partial charge in [0.2, 0.25) is 5.91 Å². The number of nitrogens with zero attached hydrogens (tertiary/aromatic N) is 1. The molecule has 0 saturated carbocycles. The molecular weight excluding hydrogens is 456 g/mol. The van der Waals surface area contributed by atoms with E-state index in [2.05, 4.69) is 5.32 Å². The Labute approximate surface area is 200 Å². The molecule has 1 N–H and O–H groups in total. The maximum Gasteiger partial charge on any atom is 0.294 e. The van der Waals surface area contributed by atoms with Crippen LogP contribution in [0.3, 0.4) is 0 Å². The fraction of sp³-hybridized carbons (Fsp3) is 0.0800. The van der Waals surface area contributed by atoms with Crippen LogP contribution >= 0.6 is 23.5 Å². The SMILES string of the molecule is CSc1cccc(NC(=O)CN2C(=O)S/C(=C/c3cccc(Oc4ccccc4)c3)C2=O)c1. The summed E-state index contributed by atoms with van der Waals surface area (Å²) in [7, 11) is 0. The van der Waals surface area contributed by atoms with Gasteiger partial charge in [0, 0.05) is 10.6 Å². The number of carbonyl (C=O) groups excluding carboxylic acids is 3. The first-order valence-corrected chi connectivity index (χ1v) is 12.1. The zero-order chi connectivity index (χ0) is 23.2. The van der Waals surface area contributed by atoms with Crippen molar-refractivity contribution in [1.29, 1.82) is 0 Å². The third-order valence-corrected chi connectivity index (χ3v) is 6.30. The van der Waals surface area contributed by atoms with E-state index in [-0.39, 0.29) is 11.4 Å². The molecule has 0 aromatic heterocycles. The monoisotopic (exact) mass is 476 g/mol. The van der Waals surface area contributed by atoms with Crippen molar-refractivity contribution in [2.75, 3.05) is 18.1 Å². The van der Waals surface area contributed by atoms with Gasteiger partial charge in [-0.15, -0.1) is 11.8 Å². The molecule has 3 aromatic carbocycles. The van der Waals surface area contributed by atoms with Crippen molar-refractivity contribution in [3.63, 3.8) is 0 Å². The quantitative estimate of drug-likeness (QED) is 0.339. The van der Waals surface area contributed by atoms with Crippen LogP contribution in [-0.2, 0) is 9.59 Å². The Balaban J connectivity index is 1.43. The largest absolute Gasteiger partial charge is 0.457 e. The summed E-state index contributed by atoms with van der Waals surface area (Å²) in [6.07, 6.45) is 3.57. The second-order valence-corrected chi connectivity index (χ2v) is 8.91. The number of anilines is 1. The molecule has 0 atom stereocenters. The lowest BCUT2D eigenvalue weighted by Gasteiger charge is -2.12. The van der Waals surface area contributed by atoms with Gasteiger partial charge in [-0.05, 0) is 72.1 Å². The molecule has 1 fully saturated rings. The lowest BCUT2D eigenvalue weighted by molar-refractivity contribution is -0.127. The minimum absolute atomic E-state index is 0.258. The Bertz CT molecular complexity index is 1230. The van der Waals surface area contributed by atoms with Crippen molar-refractivity contribution in [3.05, 3.63) is 89.3 Å². The van der Waals surface area contributed by atoms with Crippen LogP contribution in [0.2, 0.25) is 0 Å². The number of benzene rings is 3. The zero-order valence-corrected chi connectivity index (χ0v) is 19.3.